The van der Waals surface area contributed by atoms with Crippen molar-refractivity contribution in [1.82, 2.24) is 0 Å². The van der Waals surface area contributed by atoms with Crippen molar-refractivity contribution in [3.05, 3.63) is 0 Å². The summed E-state index contributed by atoms with van der Waals surface area (Å²) in [6, 6.07) is 0. The molecule has 28 valence electrons. The van der Waals surface area contributed by atoms with Gasteiger partial charge in [0.25, 0.3) is 0 Å². The summed E-state index contributed by atoms with van der Waals surface area (Å²) in [5.74, 6) is 0. The van der Waals surface area contributed by atoms with Gasteiger partial charge in [-0.3, -0.25) is 0 Å². The average molecular weight is 176 g/mol. The molecule has 0 aromatic rings. The minimum atomic E-state index is -2.33. The minimum absolute atomic E-state index is 0. The van der Waals surface area contributed by atoms with Crippen molar-refractivity contribution in [1.29, 1.82) is 0 Å². The Morgan fingerprint density at radius 3 is 1.33 bits per heavy atom. The molecule has 0 aliphatic rings. The van der Waals surface area contributed by atoms with Crippen LogP contribution in [0.15, 0.2) is 0 Å². The van der Waals surface area contributed by atoms with Crippen molar-refractivity contribution in [3.8, 4) is 0 Å². The van der Waals surface area contributed by atoms with Crippen LogP contribution in [0.25, 0.3) is 0 Å². The maximum atomic E-state index is 8.33. The van der Waals surface area contributed by atoms with Gasteiger partial charge in [-0.05, 0) is 6.16 Å². The fourth-order valence-electron chi connectivity index (χ4n) is 0. The summed E-state index contributed by atoms with van der Waals surface area (Å²) in [7, 11) is 0. The number of carbonyl (C=O) groups excluding carboxylic acids is 1. The first kappa shape index (κ1) is 15.8. The molecule has 0 atom stereocenters. The molecule has 0 aliphatic carbocycles. The summed E-state index contributed by atoms with van der Waals surface area (Å²) in [5, 5.41) is 16.7. The molecule has 0 heterocycles. The molecule has 0 spiro atoms. The van der Waals surface area contributed by atoms with Crippen LogP contribution in [-0.2, 0) is 26.2 Å². The predicted octanol–water partition coefficient (Wildman–Crippen LogP) is -2.83. The van der Waals surface area contributed by atoms with Crippen LogP contribution < -0.4 is 10.2 Å². The molecule has 0 saturated heterocycles. The zero-order valence-corrected chi connectivity index (χ0v) is 6.80. The summed E-state index contributed by atoms with van der Waals surface area (Å²) < 4.78 is 0. The summed E-state index contributed by atoms with van der Waals surface area (Å²) in [6.45, 7) is 0. The second kappa shape index (κ2) is 9.33. The molecule has 0 bridgehead atoms. The third-order valence-corrected chi connectivity index (χ3v) is 0. The van der Waals surface area contributed by atoms with E-state index < -0.39 is 6.16 Å². The van der Waals surface area contributed by atoms with Crippen molar-refractivity contribution >= 4 is 29.2 Å². The first-order valence-corrected chi connectivity index (χ1v) is 0.612. The van der Waals surface area contributed by atoms with E-state index in [9.17, 15) is 0 Å². The van der Waals surface area contributed by atoms with E-state index in [2.05, 4.69) is 0 Å². The fraction of sp³-hybridized carbons (Fsp3) is 0. The molecular formula is CMgO3Zr. The number of hydrogen-bond donors (Lipinski definition) is 0. The molecule has 6 heavy (non-hydrogen) atoms. The van der Waals surface area contributed by atoms with Crippen LogP contribution in [0.5, 0.6) is 0 Å². The fourth-order valence-corrected chi connectivity index (χ4v) is 0. The normalized spacial score (nSPS) is 4.00. The Kier molecular flexibility index (Phi) is 24.5. The standard InChI is InChI=1S/CH2O3.Mg.Zr/c2-1(3)4;;/h(H2,2,3,4);;/q;+2;/p-2. The Bertz CT molecular complexity index is 33.8. The number of rotatable bonds is 0. The van der Waals surface area contributed by atoms with Crippen molar-refractivity contribution in [2.75, 3.05) is 0 Å². The molecule has 5 heteroatoms. The Labute approximate surface area is 70.0 Å². The molecule has 0 saturated carbocycles. The van der Waals surface area contributed by atoms with Gasteiger partial charge in [0.2, 0.25) is 0 Å². The number of hydrogen-bond acceptors (Lipinski definition) is 3. The van der Waals surface area contributed by atoms with Gasteiger partial charge < -0.3 is 15.0 Å². The van der Waals surface area contributed by atoms with Gasteiger partial charge in [0, 0.05) is 26.2 Å². The molecule has 3 nitrogen and oxygen atoms in total. The number of carboxylic acid groups (broad SMARTS) is 2. The molecular weight excluding hydrogens is 176 g/mol. The third kappa shape index (κ3) is 89.4. The van der Waals surface area contributed by atoms with Crippen molar-refractivity contribution in [3.63, 3.8) is 0 Å². The minimum Gasteiger partial charge on any atom is -0.652 e. The SMILES string of the molecule is O=C([O-])[O-].[Mg+2].[Zr]. The van der Waals surface area contributed by atoms with Gasteiger partial charge in [0.05, 0.1) is 0 Å². The van der Waals surface area contributed by atoms with Crippen LogP contribution in [0.4, 0.5) is 4.79 Å². The summed E-state index contributed by atoms with van der Waals surface area (Å²) in [6.07, 6.45) is -2.33. The Hall–Kier alpha value is 0.919. The Morgan fingerprint density at radius 1 is 1.33 bits per heavy atom. The van der Waals surface area contributed by atoms with E-state index in [4.69, 9.17) is 15.0 Å². The predicted molar refractivity (Wildman–Crippen MR) is 11.1 cm³/mol. The van der Waals surface area contributed by atoms with Crippen LogP contribution in [0.2, 0.25) is 0 Å². The van der Waals surface area contributed by atoms with Crippen molar-refractivity contribution in [2.45, 2.75) is 0 Å². The van der Waals surface area contributed by atoms with Crippen molar-refractivity contribution in [2.24, 2.45) is 0 Å². The molecule has 0 fully saturated rings. The Balaban J connectivity index is -0.0000000450. The zero-order chi connectivity index (χ0) is 3.58. The van der Waals surface area contributed by atoms with Gasteiger partial charge in [0.15, 0.2) is 0 Å². The first-order chi connectivity index (χ1) is 1.73. The van der Waals surface area contributed by atoms with Gasteiger partial charge in [-0.15, -0.1) is 0 Å². The smallest absolute Gasteiger partial charge is 0.652 e. The zero-order valence-electron chi connectivity index (χ0n) is 2.93. The second-order valence-corrected chi connectivity index (χ2v) is 0.250. The number of carbonyl (C=O) groups is 1. The van der Waals surface area contributed by atoms with E-state index in [1.807, 2.05) is 0 Å². The molecule has 0 aliphatic heterocycles. The van der Waals surface area contributed by atoms with Gasteiger partial charge in [-0.25, -0.2) is 0 Å². The monoisotopic (exact) mass is 174 g/mol. The molecule has 0 unspecified atom stereocenters. The van der Waals surface area contributed by atoms with E-state index in [0.717, 1.165) is 0 Å². The van der Waals surface area contributed by atoms with Crippen LogP contribution in [-0.4, -0.2) is 29.2 Å². The van der Waals surface area contributed by atoms with Crippen LogP contribution in [0.3, 0.4) is 0 Å². The van der Waals surface area contributed by atoms with E-state index in [1.54, 1.807) is 0 Å². The average Bonchev–Trinajstić information content (AvgIpc) is 0.811. The maximum absolute atomic E-state index is 8.33. The van der Waals surface area contributed by atoms with E-state index in [1.165, 1.54) is 0 Å². The van der Waals surface area contributed by atoms with Crippen LogP contribution >= 0.6 is 0 Å². The molecule has 0 rings (SSSR count). The third-order valence-electron chi connectivity index (χ3n) is 0. The van der Waals surface area contributed by atoms with E-state index >= 15 is 0 Å². The van der Waals surface area contributed by atoms with Crippen molar-refractivity contribution < 1.29 is 41.2 Å². The first-order valence-electron chi connectivity index (χ1n) is 0.612. The molecule has 0 amide bonds. The van der Waals surface area contributed by atoms with Gasteiger partial charge >= 0.3 is 23.1 Å². The molecule has 0 N–H and O–H groups in total. The largest absolute Gasteiger partial charge is 2.00 e. The second-order valence-electron chi connectivity index (χ2n) is 0.250. The van der Waals surface area contributed by atoms with E-state index in [-0.39, 0.29) is 49.3 Å². The van der Waals surface area contributed by atoms with Gasteiger partial charge in [0.1, 0.15) is 0 Å². The summed E-state index contributed by atoms with van der Waals surface area (Å²) in [5.41, 5.74) is 0. The van der Waals surface area contributed by atoms with Gasteiger partial charge in [-0.2, -0.15) is 0 Å². The summed E-state index contributed by atoms with van der Waals surface area (Å²) >= 11 is 0. The van der Waals surface area contributed by atoms with Crippen LogP contribution in [0, 0.1) is 0 Å². The molecule has 0 aromatic heterocycles. The molecule has 0 radical (unpaired) electrons. The van der Waals surface area contributed by atoms with E-state index in [0.29, 0.717) is 0 Å². The van der Waals surface area contributed by atoms with Gasteiger partial charge in [-0.1, -0.05) is 0 Å². The maximum Gasteiger partial charge on any atom is 2.00 e. The Morgan fingerprint density at radius 2 is 1.33 bits per heavy atom. The topological polar surface area (TPSA) is 63.2 Å². The summed E-state index contributed by atoms with van der Waals surface area (Å²) in [4.78, 5) is 8.33. The quantitative estimate of drug-likeness (QED) is 0.373. The van der Waals surface area contributed by atoms with Crippen LogP contribution in [0.1, 0.15) is 0 Å². The molecule has 0 aromatic carbocycles.